The molecular weight excluding hydrogens is 256 g/mol. The van der Waals surface area contributed by atoms with Crippen molar-refractivity contribution in [3.8, 4) is 0 Å². The molecule has 0 amide bonds. The Balaban J connectivity index is 2.58. The summed E-state index contributed by atoms with van der Waals surface area (Å²) < 4.78 is 26.8. The van der Waals surface area contributed by atoms with Gasteiger partial charge in [-0.3, -0.25) is 0 Å². The molecule has 0 saturated heterocycles. The van der Waals surface area contributed by atoms with Crippen LogP contribution in [-0.2, 0) is 10.0 Å². The number of hydrogen-bond acceptors (Lipinski definition) is 3. The Morgan fingerprint density at radius 2 is 1.88 bits per heavy atom. The number of nitrogens with two attached hydrogens (primary N) is 1. The third-order valence-corrected chi connectivity index (χ3v) is 5.82. The van der Waals surface area contributed by atoms with Crippen LogP contribution in [0, 0.1) is 5.41 Å². The SMILES string of the molecule is CC(C)(CNS(=O)(=O)C1CCCCC1)C(N)=S. The molecule has 17 heavy (non-hydrogen) atoms. The largest absolute Gasteiger partial charge is 0.393 e. The minimum Gasteiger partial charge on any atom is -0.393 e. The normalized spacial score (nSPS) is 19.2. The second-order valence-electron chi connectivity index (χ2n) is 5.37. The molecule has 6 heteroatoms. The standard InChI is InChI=1S/C11H22N2O2S2/c1-11(2,10(12)16)8-13-17(14,15)9-6-4-3-5-7-9/h9,13H,3-8H2,1-2H3,(H2,12,16). The molecule has 1 aliphatic rings. The van der Waals surface area contributed by atoms with Crippen LogP contribution in [0.3, 0.4) is 0 Å². The molecule has 0 aliphatic heterocycles. The van der Waals surface area contributed by atoms with Crippen molar-refractivity contribution >= 4 is 27.2 Å². The highest BCUT2D eigenvalue weighted by molar-refractivity contribution is 7.90. The highest BCUT2D eigenvalue weighted by Crippen LogP contribution is 2.23. The van der Waals surface area contributed by atoms with Gasteiger partial charge in [0.1, 0.15) is 0 Å². The Morgan fingerprint density at radius 3 is 2.35 bits per heavy atom. The molecule has 0 unspecified atom stereocenters. The van der Waals surface area contributed by atoms with Gasteiger partial charge >= 0.3 is 0 Å². The van der Waals surface area contributed by atoms with E-state index in [1.807, 2.05) is 13.8 Å². The van der Waals surface area contributed by atoms with E-state index in [1.54, 1.807) is 0 Å². The van der Waals surface area contributed by atoms with Crippen LogP contribution >= 0.6 is 12.2 Å². The molecular formula is C11H22N2O2S2. The Kier molecular flexibility index (Phi) is 4.92. The van der Waals surface area contributed by atoms with Crippen LogP contribution in [0.25, 0.3) is 0 Å². The highest BCUT2D eigenvalue weighted by atomic mass is 32.2. The molecule has 0 heterocycles. The van der Waals surface area contributed by atoms with Crippen molar-refractivity contribution in [2.75, 3.05) is 6.54 Å². The van der Waals surface area contributed by atoms with E-state index in [0.29, 0.717) is 4.99 Å². The van der Waals surface area contributed by atoms with Gasteiger partial charge in [0.15, 0.2) is 0 Å². The lowest BCUT2D eigenvalue weighted by molar-refractivity contribution is 0.462. The fourth-order valence-corrected chi connectivity index (χ4v) is 3.69. The van der Waals surface area contributed by atoms with E-state index in [2.05, 4.69) is 4.72 Å². The predicted octanol–water partition coefficient (Wildman–Crippen LogP) is 1.55. The summed E-state index contributed by atoms with van der Waals surface area (Å²) in [7, 11) is -3.22. The minimum absolute atomic E-state index is 0.238. The van der Waals surface area contributed by atoms with Crippen molar-refractivity contribution in [2.24, 2.45) is 11.1 Å². The Labute approximate surface area is 109 Å². The van der Waals surface area contributed by atoms with Crippen LogP contribution in [0.1, 0.15) is 46.0 Å². The molecule has 0 aromatic rings. The van der Waals surface area contributed by atoms with E-state index in [-0.39, 0.29) is 11.8 Å². The van der Waals surface area contributed by atoms with Crippen LogP contribution in [0.2, 0.25) is 0 Å². The van der Waals surface area contributed by atoms with Crippen LogP contribution in [0.4, 0.5) is 0 Å². The first-order valence-electron chi connectivity index (χ1n) is 6.04. The lowest BCUT2D eigenvalue weighted by atomic mass is 9.94. The smallest absolute Gasteiger partial charge is 0.214 e. The van der Waals surface area contributed by atoms with Gasteiger partial charge in [-0.05, 0) is 12.8 Å². The van der Waals surface area contributed by atoms with Crippen molar-refractivity contribution in [3.63, 3.8) is 0 Å². The highest BCUT2D eigenvalue weighted by Gasteiger charge is 2.30. The Morgan fingerprint density at radius 1 is 1.35 bits per heavy atom. The van der Waals surface area contributed by atoms with Gasteiger partial charge in [-0.25, -0.2) is 13.1 Å². The summed E-state index contributed by atoms with van der Waals surface area (Å²) in [6.07, 6.45) is 4.69. The van der Waals surface area contributed by atoms with Gasteiger partial charge in [-0.1, -0.05) is 45.3 Å². The molecule has 1 saturated carbocycles. The zero-order valence-electron chi connectivity index (χ0n) is 10.5. The molecule has 1 fully saturated rings. The number of nitrogens with one attached hydrogen (secondary N) is 1. The zero-order chi connectivity index (χ0) is 13.1. The molecule has 0 atom stereocenters. The summed E-state index contributed by atoms with van der Waals surface area (Å²) in [6.45, 7) is 3.97. The molecule has 0 aromatic heterocycles. The lowest BCUT2D eigenvalue weighted by Gasteiger charge is -2.27. The predicted molar refractivity (Wildman–Crippen MR) is 74.4 cm³/mol. The van der Waals surface area contributed by atoms with Crippen LogP contribution in [-0.4, -0.2) is 25.2 Å². The Hall–Kier alpha value is -0.200. The van der Waals surface area contributed by atoms with E-state index < -0.39 is 15.4 Å². The van der Waals surface area contributed by atoms with Crippen LogP contribution in [0.15, 0.2) is 0 Å². The molecule has 1 rings (SSSR count). The maximum atomic E-state index is 12.1. The van der Waals surface area contributed by atoms with Crippen molar-refractivity contribution in [1.29, 1.82) is 0 Å². The molecule has 0 bridgehead atoms. The minimum atomic E-state index is -3.22. The first kappa shape index (κ1) is 14.9. The third kappa shape index (κ3) is 4.19. The Bertz CT molecular complexity index is 371. The molecule has 100 valence electrons. The zero-order valence-corrected chi connectivity index (χ0v) is 12.2. The third-order valence-electron chi connectivity index (χ3n) is 3.37. The second kappa shape index (κ2) is 5.63. The average molecular weight is 278 g/mol. The number of rotatable bonds is 5. The number of sulfonamides is 1. The first-order chi connectivity index (χ1) is 7.76. The van der Waals surface area contributed by atoms with E-state index in [1.165, 1.54) is 0 Å². The van der Waals surface area contributed by atoms with Gasteiger partial charge in [-0.2, -0.15) is 0 Å². The lowest BCUT2D eigenvalue weighted by Crippen LogP contribution is -2.44. The molecule has 4 nitrogen and oxygen atoms in total. The van der Waals surface area contributed by atoms with Gasteiger partial charge in [0.2, 0.25) is 10.0 Å². The average Bonchev–Trinajstić information content (AvgIpc) is 2.28. The summed E-state index contributed by atoms with van der Waals surface area (Å²) in [5.41, 5.74) is 5.10. The van der Waals surface area contributed by atoms with E-state index in [4.69, 9.17) is 18.0 Å². The van der Waals surface area contributed by atoms with Gasteiger partial charge in [0, 0.05) is 12.0 Å². The monoisotopic (exact) mass is 278 g/mol. The number of thiocarbonyl (C=S) groups is 1. The summed E-state index contributed by atoms with van der Waals surface area (Å²) in [6, 6.07) is 0. The summed E-state index contributed by atoms with van der Waals surface area (Å²) in [5.74, 6) is 0. The van der Waals surface area contributed by atoms with Gasteiger partial charge in [0.05, 0.1) is 10.2 Å². The van der Waals surface area contributed by atoms with Crippen LogP contribution in [0.5, 0.6) is 0 Å². The molecule has 0 radical (unpaired) electrons. The van der Waals surface area contributed by atoms with Gasteiger partial charge in [-0.15, -0.1) is 0 Å². The molecule has 0 aromatic carbocycles. The summed E-state index contributed by atoms with van der Waals surface area (Å²) in [4.78, 5) is 0.337. The fraction of sp³-hybridized carbons (Fsp3) is 0.909. The van der Waals surface area contributed by atoms with Crippen LogP contribution < -0.4 is 10.5 Å². The van der Waals surface area contributed by atoms with Crippen molar-refractivity contribution in [2.45, 2.75) is 51.2 Å². The van der Waals surface area contributed by atoms with E-state index >= 15 is 0 Å². The maximum absolute atomic E-state index is 12.1. The number of hydrogen-bond donors (Lipinski definition) is 2. The first-order valence-corrected chi connectivity index (χ1v) is 7.99. The van der Waals surface area contributed by atoms with Crippen molar-refractivity contribution in [3.05, 3.63) is 0 Å². The molecule has 3 N–H and O–H groups in total. The topological polar surface area (TPSA) is 72.2 Å². The molecule has 0 spiro atoms. The summed E-state index contributed by atoms with van der Waals surface area (Å²) >= 11 is 4.92. The van der Waals surface area contributed by atoms with Crippen molar-refractivity contribution in [1.82, 2.24) is 4.72 Å². The maximum Gasteiger partial charge on any atom is 0.214 e. The summed E-state index contributed by atoms with van der Waals surface area (Å²) in [5, 5.41) is -0.238. The quantitative estimate of drug-likeness (QED) is 0.749. The second-order valence-corrected chi connectivity index (χ2v) is 7.86. The van der Waals surface area contributed by atoms with Gasteiger partial charge < -0.3 is 5.73 Å². The van der Waals surface area contributed by atoms with Crippen molar-refractivity contribution < 1.29 is 8.42 Å². The van der Waals surface area contributed by atoms with E-state index in [0.717, 1.165) is 32.1 Å². The van der Waals surface area contributed by atoms with Gasteiger partial charge in [0.25, 0.3) is 0 Å². The fourth-order valence-electron chi connectivity index (χ4n) is 1.86. The molecule has 1 aliphatic carbocycles. The van der Waals surface area contributed by atoms with E-state index in [9.17, 15) is 8.42 Å².